The lowest BCUT2D eigenvalue weighted by molar-refractivity contribution is -0.139. The summed E-state index contributed by atoms with van der Waals surface area (Å²) in [6.45, 7) is 4.76. The summed E-state index contributed by atoms with van der Waals surface area (Å²) >= 11 is 1.66. The first-order valence-electron chi connectivity index (χ1n) is 9.82. The molecule has 1 aromatic heterocycles. The largest absolute Gasteiger partial charge is 0.341 e. The van der Waals surface area contributed by atoms with Gasteiger partial charge in [-0.05, 0) is 53.5 Å². The van der Waals surface area contributed by atoms with E-state index in [0.29, 0.717) is 25.6 Å². The van der Waals surface area contributed by atoms with Gasteiger partial charge >= 0.3 is 0 Å². The number of hydrogen-bond donors (Lipinski definition) is 0. The molecular weight excluding hydrogens is 362 g/mol. The molecule has 1 spiro atoms. The SMILES string of the molecule is CC(=O)N(Cc1ccsc1)[C@@H]1CC12CCN(C(=O)CN1CCCC1=O)CC2. The Morgan fingerprint density at radius 3 is 2.67 bits per heavy atom. The third-order valence-electron chi connectivity index (χ3n) is 6.47. The van der Waals surface area contributed by atoms with Crippen LogP contribution < -0.4 is 0 Å². The van der Waals surface area contributed by atoms with Crippen molar-refractivity contribution in [3.8, 4) is 0 Å². The molecule has 1 saturated carbocycles. The highest BCUT2D eigenvalue weighted by molar-refractivity contribution is 7.07. The molecule has 3 aliphatic rings. The monoisotopic (exact) mass is 389 g/mol. The highest BCUT2D eigenvalue weighted by Gasteiger charge is 2.58. The molecule has 3 amide bonds. The number of likely N-dealkylation sites (tertiary alicyclic amines) is 2. The fraction of sp³-hybridized carbons (Fsp3) is 0.650. The van der Waals surface area contributed by atoms with Gasteiger partial charge in [-0.3, -0.25) is 14.4 Å². The summed E-state index contributed by atoms with van der Waals surface area (Å²) in [5.41, 5.74) is 1.38. The molecule has 0 bridgehead atoms. The van der Waals surface area contributed by atoms with Gasteiger partial charge in [-0.25, -0.2) is 0 Å². The first kappa shape index (κ1) is 18.5. The Bertz CT molecular complexity index is 725. The molecule has 3 fully saturated rings. The van der Waals surface area contributed by atoms with Crippen molar-refractivity contribution in [2.75, 3.05) is 26.2 Å². The van der Waals surface area contributed by atoms with E-state index in [2.05, 4.69) is 11.4 Å². The lowest BCUT2D eigenvalue weighted by Gasteiger charge is -2.35. The maximum absolute atomic E-state index is 12.5. The minimum atomic E-state index is 0.0685. The molecule has 0 radical (unpaired) electrons. The third-order valence-corrected chi connectivity index (χ3v) is 7.20. The Hall–Kier alpha value is -1.89. The maximum atomic E-state index is 12.5. The number of carbonyl (C=O) groups is 3. The highest BCUT2D eigenvalue weighted by atomic mass is 32.1. The Balaban J connectivity index is 1.31. The van der Waals surface area contributed by atoms with E-state index in [9.17, 15) is 14.4 Å². The van der Waals surface area contributed by atoms with Crippen LogP contribution in [0.25, 0.3) is 0 Å². The molecule has 2 aliphatic heterocycles. The Labute approximate surface area is 164 Å². The van der Waals surface area contributed by atoms with Crippen LogP contribution in [-0.4, -0.2) is 64.6 Å². The lowest BCUT2D eigenvalue weighted by atomic mass is 9.92. The zero-order valence-electron chi connectivity index (χ0n) is 15.9. The van der Waals surface area contributed by atoms with Crippen LogP contribution in [0.2, 0.25) is 0 Å². The normalized spacial score (nSPS) is 23.7. The van der Waals surface area contributed by atoms with Crippen molar-refractivity contribution in [1.82, 2.24) is 14.7 Å². The number of piperidine rings is 1. The minimum Gasteiger partial charge on any atom is -0.341 e. The van der Waals surface area contributed by atoms with Gasteiger partial charge in [0, 0.05) is 45.6 Å². The van der Waals surface area contributed by atoms with Gasteiger partial charge in [0.1, 0.15) is 0 Å². The molecule has 6 nitrogen and oxygen atoms in total. The van der Waals surface area contributed by atoms with Gasteiger partial charge in [0.25, 0.3) is 0 Å². The van der Waals surface area contributed by atoms with Crippen LogP contribution in [0, 0.1) is 5.41 Å². The standard InChI is InChI=1S/C20H27N3O3S/c1-15(24)23(12-16-4-10-27-14-16)17-11-20(17)5-8-21(9-6-20)19(26)13-22-7-2-3-18(22)25/h4,10,14,17H,2-3,5-9,11-13H2,1H3/t17-/m1/s1. The van der Waals surface area contributed by atoms with Crippen molar-refractivity contribution in [3.05, 3.63) is 22.4 Å². The molecule has 0 aromatic carbocycles. The molecule has 1 atom stereocenters. The molecule has 27 heavy (non-hydrogen) atoms. The van der Waals surface area contributed by atoms with Crippen LogP contribution in [0.3, 0.4) is 0 Å². The van der Waals surface area contributed by atoms with E-state index in [1.165, 1.54) is 5.56 Å². The van der Waals surface area contributed by atoms with Crippen molar-refractivity contribution < 1.29 is 14.4 Å². The van der Waals surface area contributed by atoms with Crippen molar-refractivity contribution in [3.63, 3.8) is 0 Å². The molecule has 0 unspecified atom stereocenters. The fourth-order valence-electron chi connectivity index (χ4n) is 4.66. The van der Waals surface area contributed by atoms with Gasteiger partial charge in [0.05, 0.1) is 6.54 Å². The predicted octanol–water partition coefficient (Wildman–Crippen LogP) is 2.10. The number of amides is 3. The van der Waals surface area contributed by atoms with E-state index in [4.69, 9.17) is 0 Å². The maximum Gasteiger partial charge on any atom is 0.242 e. The molecule has 4 rings (SSSR count). The van der Waals surface area contributed by atoms with Gasteiger partial charge < -0.3 is 14.7 Å². The van der Waals surface area contributed by atoms with Gasteiger partial charge in [-0.15, -0.1) is 0 Å². The number of nitrogens with zero attached hydrogens (tertiary/aromatic N) is 3. The molecule has 7 heteroatoms. The topological polar surface area (TPSA) is 60.9 Å². The first-order valence-corrected chi connectivity index (χ1v) is 10.8. The average Bonchev–Trinajstić information content (AvgIpc) is 3.00. The smallest absolute Gasteiger partial charge is 0.242 e. The van der Waals surface area contributed by atoms with Crippen LogP contribution in [0.1, 0.15) is 44.6 Å². The van der Waals surface area contributed by atoms with E-state index in [-0.39, 0.29) is 29.7 Å². The summed E-state index contributed by atoms with van der Waals surface area (Å²) in [6, 6.07) is 2.38. The van der Waals surface area contributed by atoms with Gasteiger partial charge in [0.2, 0.25) is 17.7 Å². The zero-order valence-corrected chi connectivity index (χ0v) is 16.7. The number of carbonyl (C=O) groups excluding carboxylic acids is 3. The van der Waals surface area contributed by atoms with Crippen LogP contribution in [-0.2, 0) is 20.9 Å². The summed E-state index contributed by atoms with van der Waals surface area (Å²) in [5.74, 6) is 0.303. The molecule has 146 valence electrons. The molecule has 3 heterocycles. The van der Waals surface area contributed by atoms with Crippen LogP contribution in [0.5, 0.6) is 0 Å². The van der Waals surface area contributed by atoms with E-state index in [0.717, 1.165) is 38.8 Å². The molecule has 0 N–H and O–H groups in total. The quantitative estimate of drug-likeness (QED) is 0.775. The number of thiophene rings is 1. The van der Waals surface area contributed by atoms with Gasteiger partial charge in [-0.1, -0.05) is 0 Å². The molecular formula is C20H27N3O3S. The fourth-order valence-corrected chi connectivity index (χ4v) is 5.32. The number of hydrogen-bond acceptors (Lipinski definition) is 4. The lowest BCUT2D eigenvalue weighted by Crippen LogP contribution is -2.46. The van der Waals surface area contributed by atoms with Crippen molar-refractivity contribution in [1.29, 1.82) is 0 Å². The van der Waals surface area contributed by atoms with E-state index >= 15 is 0 Å². The summed E-state index contributed by atoms with van der Waals surface area (Å²) < 4.78 is 0. The minimum absolute atomic E-state index is 0.0685. The second-order valence-corrected chi connectivity index (χ2v) is 8.94. The molecule has 2 saturated heterocycles. The number of rotatable bonds is 5. The van der Waals surface area contributed by atoms with Crippen LogP contribution in [0.15, 0.2) is 16.8 Å². The zero-order chi connectivity index (χ0) is 19.0. The van der Waals surface area contributed by atoms with Crippen LogP contribution in [0.4, 0.5) is 0 Å². The van der Waals surface area contributed by atoms with Crippen LogP contribution >= 0.6 is 11.3 Å². The summed E-state index contributed by atoms with van der Waals surface area (Å²) in [7, 11) is 0. The van der Waals surface area contributed by atoms with E-state index < -0.39 is 0 Å². The Kier molecular flexibility index (Phi) is 4.97. The van der Waals surface area contributed by atoms with E-state index in [1.54, 1.807) is 23.2 Å². The second kappa shape index (κ2) is 7.26. The Morgan fingerprint density at radius 2 is 2.07 bits per heavy atom. The van der Waals surface area contributed by atoms with Crippen molar-refractivity contribution in [2.24, 2.45) is 5.41 Å². The third kappa shape index (κ3) is 3.74. The second-order valence-electron chi connectivity index (χ2n) is 8.16. The first-order chi connectivity index (χ1) is 13.0. The van der Waals surface area contributed by atoms with Crippen molar-refractivity contribution >= 4 is 29.1 Å². The summed E-state index contributed by atoms with van der Waals surface area (Å²) in [5, 5.41) is 4.15. The van der Waals surface area contributed by atoms with Gasteiger partial charge in [0.15, 0.2) is 0 Å². The molecule has 1 aromatic rings. The predicted molar refractivity (Wildman–Crippen MR) is 103 cm³/mol. The summed E-state index contributed by atoms with van der Waals surface area (Å²) in [6.07, 6.45) is 4.38. The average molecular weight is 390 g/mol. The molecule has 1 aliphatic carbocycles. The highest BCUT2D eigenvalue weighted by Crippen LogP contribution is 2.57. The summed E-state index contributed by atoms with van der Waals surface area (Å²) in [4.78, 5) is 42.1. The van der Waals surface area contributed by atoms with Crippen molar-refractivity contribution in [2.45, 2.75) is 51.6 Å². The van der Waals surface area contributed by atoms with E-state index in [1.807, 2.05) is 15.2 Å². The van der Waals surface area contributed by atoms with Gasteiger partial charge in [-0.2, -0.15) is 11.3 Å². The Morgan fingerprint density at radius 1 is 1.30 bits per heavy atom.